The maximum Gasteiger partial charge on any atom is 0.226 e. The van der Waals surface area contributed by atoms with Gasteiger partial charge in [0.15, 0.2) is 9.84 Å². The third-order valence-electron chi connectivity index (χ3n) is 4.41. The van der Waals surface area contributed by atoms with Gasteiger partial charge in [0, 0.05) is 18.0 Å². The molecule has 0 aromatic rings. The van der Waals surface area contributed by atoms with Crippen molar-refractivity contribution in [2.24, 2.45) is 5.92 Å². The van der Waals surface area contributed by atoms with Crippen molar-refractivity contribution in [1.82, 2.24) is 4.90 Å². The van der Waals surface area contributed by atoms with Crippen molar-refractivity contribution in [1.29, 1.82) is 0 Å². The average Bonchev–Trinajstić information content (AvgIpc) is 3.15. The normalized spacial score (nSPS) is 33.3. The van der Waals surface area contributed by atoms with Crippen molar-refractivity contribution in [3.8, 4) is 0 Å². The van der Waals surface area contributed by atoms with Gasteiger partial charge in [-0.3, -0.25) is 4.79 Å². The first kappa shape index (κ1) is 13.2. The zero-order valence-electron chi connectivity index (χ0n) is 11.1. The van der Waals surface area contributed by atoms with Gasteiger partial charge in [-0.25, -0.2) is 8.42 Å². The maximum absolute atomic E-state index is 12.7. The van der Waals surface area contributed by atoms with Gasteiger partial charge in [-0.05, 0) is 38.5 Å². The molecule has 3 aliphatic rings. The predicted molar refractivity (Wildman–Crippen MR) is 73.4 cm³/mol. The summed E-state index contributed by atoms with van der Waals surface area (Å²) in [4.78, 5) is 14.6. The summed E-state index contributed by atoms with van der Waals surface area (Å²) in [5.41, 5.74) is 0. The summed E-state index contributed by atoms with van der Waals surface area (Å²) in [5, 5.41) is 0. The number of hydrogen-bond acceptors (Lipinski definition) is 3. The smallest absolute Gasteiger partial charge is 0.226 e. The van der Waals surface area contributed by atoms with Gasteiger partial charge in [-0.2, -0.15) is 0 Å². The van der Waals surface area contributed by atoms with Crippen LogP contribution in [0.3, 0.4) is 0 Å². The van der Waals surface area contributed by atoms with Crippen LogP contribution < -0.4 is 0 Å². The summed E-state index contributed by atoms with van der Waals surface area (Å²) in [5.74, 6) is 0.708. The summed E-state index contributed by atoms with van der Waals surface area (Å²) in [6, 6.07) is 0.257. The fourth-order valence-corrected chi connectivity index (χ4v) is 4.95. The topological polar surface area (TPSA) is 54.5 Å². The zero-order chi connectivity index (χ0) is 13.5. The molecule has 0 spiro atoms. The SMILES string of the molecule is O=C([C@@H]1CC=CCC1)N(C1CC1)[C@@H]1CCS(=O)(=O)C1. The second kappa shape index (κ2) is 4.93. The minimum absolute atomic E-state index is 0.0593. The summed E-state index contributed by atoms with van der Waals surface area (Å²) < 4.78 is 23.3. The highest BCUT2D eigenvalue weighted by Gasteiger charge is 2.43. The average molecular weight is 283 g/mol. The first-order valence-corrected chi connectivity index (χ1v) is 9.06. The van der Waals surface area contributed by atoms with Gasteiger partial charge >= 0.3 is 0 Å². The molecule has 0 radical (unpaired) electrons. The minimum Gasteiger partial charge on any atom is -0.335 e. The number of hydrogen-bond donors (Lipinski definition) is 0. The second-order valence-corrected chi connectivity index (χ2v) is 8.24. The first-order valence-electron chi connectivity index (χ1n) is 7.24. The molecule has 5 heteroatoms. The highest BCUT2D eigenvalue weighted by atomic mass is 32.2. The lowest BCUT2D eigenvalue weighted by Gasteiger charge is -2.32. The standard InChI is InChI=1S/C14H21NO3S/c16-14(11-4-2-1-3-5-11)15(12-6-7-12)13-8-9-19(17,18)10-13/h1-2,11-13H,3-10H2/t11-,13-/m1/s1. The lowest BCUT2D eigenvalue weighted by Crippen LogP contribution is -2.45. The number of amides is 1. The van der Waals surface area contributed by atoms with Crippen LogP contribution in [0.5, 0.6) is 0 Å². The largest absolute Gasteiger partial charge is 0.335 e. The van der Waals surface area contributed by atoms with E-state index in [1.165, 1.54) is 0 Å². The van der Waals surface area contributed by atoms with Crippen LogP contribution in [-0.4, -0.2) is 42.8 Å². The number of nitrogens with zero attached hydrogens (tertiary/aromatic N) is 1. The molecule has 0 aromatic carbocycles. The highest BCUT2D eigenvalue weighted by Crippen LogP contribution is 2.35. The Morgan fingerprint density at radius 3 is 2.37 bits per heavy atom. The molecular weight excluding hydrogens is 262 g/mol. The molecule has 1 heterocycles. The third kappa shape index (κ3) is 2.86. The predicted octanol–water partition coefficient (Wildman–Crippen LogP) is 1.52. The fraction of sp³-hybridized carbons (Fsp3) is 0.786. The second-order valence-electron chi connectivity index (χ2n) is 6.01. The molecule has 0 unspecified atom stereocenters. The Labute approximate surface area is 114 Å². The zero-order valence-corrected chi connectivity index (χ0v) is 11.9. The van der Waals surface area contributed by atoms with Gasteiger partial charge in [0.05, 0.1) is 11.5 Å². The Hall–Kier alpha value is -0.840. The minimum atomic E-state index is -2.92. The van der Waals surface area contributed by atoms with Crippen molar-refractivity contribution in [3.63, 3.8) is 0 Å². The molecule has 1 saturated heterocycles. The van der Waals surface area contributed by atoms with Crippen molar-refractivity contribution in [3.05, 3.63) is 12.2 Å². The molecule has 106 valence electrons. The molecule has 2 fully saturated rings. The van der Waals surface area contributed by atoms with Crippen molar-refractivity contribution < 1.29 is 13.2 Å². The van der Waals surface area contributed by atoms with Crippen LogP contribution >= 0.6 is 0 Å². The van der Waals surface area contributed by atoms with E-state index in [1.54, 1.807) is 0 Å². The van der Waals surface area contributed by atoms with Crippen molar-refractivity contribution >= 4 is 15.7 Å². The molecule has 1 saturated carbocycles. The highest BCUT2D eigenvalue weighted by molar-refractivity contribution is 7.91. The Balaban J connectivity index is 1.74. The number of allylic oxidation sites excluding steroid dienone is 2. The van der Waals surface area contributed by atoms with Crippen LogP contribution in [0.15, 0.2) is 12.2 Å². The maximum atomic E-state index is 12.7. The van der Waals surface area contributed by atoms with Crippen LogP contribution in [0.25, 0.3) is 0 Å². The van der Waals surface area contributed by atoms with E-state index in [-0.39, 0.29) is 29.4 Å². The van der Waals surface area contributed by atoms with Gasteiger partial charge in [0.25, 0.3) is 0 Å². The van der Waals surface area contributed by atoms with Crippen LogP contribution in [0, 0.1) is 5.92 Å². The Morgan fingerprint density at radius 2 is 1.84 bits per heavy atom. The molecule has 1 aliphatic heterocycles. The molecule has 0 N–H and O–H groups in total. The van der Waals surface area contributed by atoms with Crippen LogP contribution in [-0.2, 0) is 14.6 Å². The van der Waals surface area contributed by atoms with E-state index in [9.17, 15) is 13.2 Å². The third-order valence-corrected chi connectivity index (χ3v) is 6.17. The molecule has 3 rings (SSSR count). The van der Waals surface area contributed by atoms with E-state index in [0.29, 0.717) is 12.5 Å². The van der Waals surface area contributed by atoms with Gasteiger partial charge in [0.2, 0.25) is 5.91 Å². The number of sulfone groups is 1. The van der Waals surface area contributed by atoms with E-state index in [4.69, 9.17) is 0 Å². The molecule has 19 heavy (non-hydrogen) atoms. The first-order chi connectivity index (χ1) is 9.07. The summed E-state index contributed by atoms with van der Waals surface area (Å²) in [7, 11) is -2.92. The van der Waals surface area contributed by atoms with Gasteiger partial charge in [-0.15, -0.1) is 0 Å². The Kier molecular flexibility index (Phi) is 3.41. The van der Waals surface area contributed by atoms with Crippen LogP contribution in [0.4, 0.5) is 0 Å². The molecule has 4 nitrogen and oxygen atoms in total. The van der Waals surface area contributed by atoms with Crippen LogP contribution in [0.1, 0.15) is 38.5 Å². The fourth-order valence-electron chi connectivity index (χ4n) is 3.23. The lowest BCUT2D eigenvalue weighted by atomic mass is 9.92. The van der Waals surface area contributed by atoms with Crippen molar-refractivity contribution in [2.45, 2.75) is 50.6 Å². The van der Waals surface area contributed by atoms with E-state index in [1.807, 2.05) is 4.90 Å². The molecule has 2 aliphatic carbocycles. The van der Waals surface area contributed by atoms with Gasteiger partial charge < -0.3 is 4.90 Å². The van der Waals surface area contributed by atoms with Crippen molar-refractivity contribution in [2.75, 3.05) is 11.5 Å². The molecule has 0 aromatic heterocycles. The van der Waals surface area contributed by atoms with Gasteiger partial charge in [-0.1, -0.05) is 12.2 Å². The summed E-state index contributed by atoms with van der Waals surface area (Å²) in [6.07, 6.45) is 9.65. The van der Waals surface area contributed by atoms with E-state index < -0.39 is 9.84 Å². The molecular formula is C14H21NO3S. The van der Waals surface area contributed by atoms with E-state index in [0.717, 1.165) is 32.1 Å². The van der Waals surface area contributed by atoms with Crippen LogP contribution in [0.2, 0.25) is 0 Å². The molecule has 0 bridgehead atoms. The number of carbonyl (C=O) groups excluding carboxylic acids is 1. The summed E-state index contributed by atoms with van der Waals surface area (Å²) >= 11 is 0. The van der Waals surface area contributed by atoms with E-state index in [2.05, 4.69) is 12.2 Å². The monoisotopic (exact) mass is 283 g/mol. The Morgan fingerprint density at radius 1 is 1.05 bits per heavy atom. The van der Waals surface area contributed by atoms with E-state index >= 15 is 0 Å². The lowest BCUT2D eigenvalue weighted by molar-refractivity contribution is -0.138. The van der Waals surface area contributed by atoms with Gasteiger partial charge in [0.1, 0.15) is 0 Å². The summed E-state index contributed by atoms with van der Waals surface area (Å²) in [6.45, 7) is 0. The Bertz CT molecular complexity index is 493. The quantitative estimate of drug-likeness (QED) is 0.738. The molecule has 2 atom stereocenters. The molecule has 1 amide bonds. The number of rotatable bonds is 3. The number of carbonyl (C=O) groups is 1.